The molecule has 134 valence electrons. The summed E-state index contributed by atoms with van der Waals surface area (Å²) in [6.45, 7) is 4.91. The maximum absolute atomic E-state index is 12.6. The second kappa shape index (κ2) is 7.33. The number of nitrogens with zero attached hydrogens (tertiary/aromatic N) is 1. The van der Waals surface area contributed by atoms with E-state index in [4.69, 9.17) is 0 Å². The number of fused-ring (bicyclic) bond motifs is 1. The van der Waals surface area contributed by atoms with E-state index in [1.807, 2.05) is 6.92 Å². The van der Waals surface area contributed by atoms with Crippen molar-refractivity contribution in [1.82, 2.24) is 14.9 Å². The van der Waals surface area contributed by atoms with Crippen molar-refractivity contribution in [2.75, 3.05) is 0 Å². The van der Waals surface area contributed by atoms with Crippen molar-refractivity contribution >= 4 is 22.8 Å². The third kappa shape index (κ3) is 3.62. The van der Waals surface area contributed by atoms with E-state index in [1.165, 1.54) is 6.92 Å². The molecule has 8 nitrogen and oxygen atoms in total. The van der Waals surface area contributed by atoms with Gasteiger partial charge in [-0.05, 0) is 25.0 Å². The first kappa shape index (κ1) is 18.4. The van der Waals surface area contributed by atoms with Gasteiger partial charge in [-0.25, -0.2) is 14.2 Å². The number of aliphatic carboxylic acids is 1. The molecule has 25 heavy (non-hydrogen) atoms. The maximum Gasteiger partial charge on any atom is 0.329 e. The number of hydrogen-bond acceptors (Lipinski definition) is 4. The van der Waals surface area contributed by atoms with Crippen LogP contribution in [-0.4, -0.2) is 32.6 Å². The average molecular weight is 347 g/mol. The van der Waals surface area contributed by atoms with Crippen molar-refractivity contribution in [3.8, 4) is 0 Å². The number of amides is 1. The quantitative estimate of drug-likeness (QED) is 0.716. The molecule has 1 amide bonds. The Balaban J connectivity index is 2.40. The molecule has 3 N–H and O–H groups in total. The number of carboxylic acids is 1. The molecule has 0 aliphatic rings. The largest absolute Gasteiger partial charge is 0.480 e. The molecule has 3 atom stereocenters. The first-order chi connectivity index (χ1) is 11.8. The molecule has 0 fully saturated rings. The number of nitrogens with one attached hydrogen (secondary N) is 2. The van der Waals surface area contributed by atoms with E-state index in [0.717, 1.165) is 4.57 Å². The van der Waals surface area contributed by atoms with Crippen LogP contribution in [-0.2, 0) is 9.59 Å². The van der Waals surface area contributed by atoms with Crippen molar-refractivity contribution in [2.24, 2.45) is 5.92 Å². The van der Waals surface area contributed by atoms with E-state index in [0.29, 0.717) is 11.9 Å². The van der Waals surface area contributed by atoms with Crippen molar-refractivity contribution in [3.05, 3.63) is 45.1 Å². The summed E-state index contributed by atoms with van der Waals surface area (Å²) in [6, 6.07) is 4.24. The van der Waals surface area contributed by atoms with Gasteiger partial charge in [-0.2, -0.15) is 0 Å². The zero-order valence-electron chi connectivity index (χ0n) is 14.3. The molecule has 0 saturated heterocycles. The van der Waals surface area contributed by atoms with Gasteiger partial charge >= 0.3 is 11.7 Å². The first-order valence-electron chi connectivity index (χ1n) is 8.04. The van der Waals surface area contributed by atoms with Gasteiger partial charge in [0.1, 0.15) is 12.1 Å². The minimum absolute atomic E-state index is 0.276. The third-order valence-corrected chi connectivity index (χ3v) is 4.38. The fraction of sp³-hybridized carbons (Fsp3) is 0.412. The minimum Gasteiger partial charge on any atom is -0.480 e. The number of benzene rings is 1. The van der Waals surface area contributed by atoms with E-state index in [9.17, 15) is 24.3 Å². The molecular formula is C17H21N3O5. The van der Waals surface area contributed by atoms with Gasteiger partial charge in [0.2, 0.25) is 5.91 Å². The number of carbonyl (C=O) groups is 2. The molecule has 2 aromatic rings. The summed E-state index contributed by atoms with van der Waals surface area (Å²) in [6.07, 6.45) is 0.558. The molecule has 2 rings (SSSR count). The van der Waals surface area contributed by atoms with Crippen LogP contribution in [0, 0.1) is 5.92 Å². The predicted molar refractivity (Wildman–Crippen MR) is 92.6 cm³/mol. The van der Waals surface area contributed by atoms with E-state index < -0.39 is 35.2 Å². The van der Waals surface area contributed by atoms with Crippen molar-refractivity contribution < 1.29 is 14.7 Å². The molecule has 0 aliphatic carbocycles. The molecule has 0 spiro atoms. The lowest BCUT2D eigenvalue weighted by Gasteiger charge is -2.22. The Hall–Kier alpha value is -2.90. The lowest BCUT2D eigenvalue weighted by atomic mass is 9.99. The number of aromatic amines is 1. The number of rotatable bonds is 6. The Morgan fingerprint density at radius 2 is 1.88 bits per heavy atom. The van der Waals surface area contributed by atoms with Gasteiger partial charge in [-0.15, -0.1) is 0 Å². The predicted octanol–water partition coefficient (Wildman–Crippen LogP) is 0.866. The molecule has 1 heterocycles. The summed E-state index contributed by atoms with van der Waals surface area (Å²) in [7, 11) is 0. The minimum atomic E-state index is -1.16. The van der Waals surface area contributed by atoms with Gasteiger partial charge in [-0.1, -0.05) is 32.4 Å². The topological polar surface area (TPSA) is 121 Å². The fourth-order valence-corrected chi connectivity index (χ4v) is 2.60. The van der Waals surface area contributed by atoms with Crippen molar-refractivity contribution in [1.29, 1.82) is 0 Å². The second-order valence-electron chi connectivity index (χ2n) is 6.04. The van der Waals surface area contributed by atoms with Crippen LogP contribution < -0.4 is 16.6 Å². The molecular weight excluding hydrogens is 326 g/mol. The summed E-state index contributed by atoms with van der Waals surface area (Å²) in [5.74, 6) is -2.15. The number of carbonyl (C=O) groups excluding carboxylic acids is 1. The van der Waals surface area contributed by atoms with Crippen LogP contribution in [0.5, 0.6) is 0 Å². The zero-order valence-corrected chi connectivity index (χ0v) is 14.3. The molecule has 0 bridgehead atoms. The Morgan fingerprint density at radius 1 is 1.24 bits per heavy atom. The van der Waals surface area contributed by atoms with E-state index >= 15 is 0 Å². The van der Waals surface area contributed by atoms with Gasteiger partial charge in [0.25, 0.3) is 5.56 Å². The molecule has 1 aromatic carbocycles. The highest BCUT2D eigenvalue weighted by Crippen LogP contribution is 2.11. The molecule has 0 radical (unpaired) electrons. The molecule has 0 aliphatic heterocycles. The number of carboxylic acid groups (broad SMARTS) is 1. The van der Waals surface area contributed by atoms with Crippen LogP contribution in [0.4, 0.5) is 0 Å². The standard InChI is InChI=1S/C17H21N3O5/c1-4-9(2)13(16(23)24)19-14(21)10(3)20-15(22)11-7-5-6-8-12(11)18-17(20)25/h5-10,13H,4H2,1-3H3,(H,18,25)(H,19,21)(H,23,24)/t9-,10-,13-/m0/s1. The number of para-hydroxylation sites is 1. The molecule has 8 heteroatoms. The summed E-state index contributed by atoms with van der Waals surface area (Å²) in [5, 5.41) is 12.0. The van der Waals surface area contributed by atoms with Gasteiger partial charge in [-0.3, -0.25) is 9.59 Å². The lowest BCUT2D eigenvalue weighted by molar-refractivity contribution is -0.143. The molecule has 0 unspecified atom stereocenters. The van der Waals surface area contributed by atoms with Crippen LogP contribution in [0.2, 0.25) is 0 Å². The van der Waals surface area contributed by atoms with Crippen molar-refractivity contribution in [3.63, 3.8) is 0 Å². The van der Waals surface area contributed by atoms with E-state index in [-0.39, 0.29) is 11.3 Å². The van der Waals surface area contributed by atoms with Gasteiger partial charge in [0.15, 0.2) is 0 Å². The van der Waals surface area contributed by atoms with E-state index in [2.05, 4.69) is 10.3 Å². The van der Waals surface area contributed by atoms with Crippen LogP contribution in [0.15, 0.2) is 33.9 Å². The van der Waals surface area contributed by atoms with Crippen molar-refractivity contribution in [2.45, 2.75) is 39.3 Å². The zero-order chi connectivity index (χ0) is 18.7. The third-order valence-electron chi connectivity index (χ3n) is 4.38. The number of H-pyrrole nitrogens is 1. The lowest BCUT2D eigenvalue weighted by Crippen LogP contribution is -2.50. The van der Waals surface area contributed by atoms with Crippen LogP contribution in [0.3, 0.4) is 0 Å². The first-order valence-corrected chi connectivity index (χ1v) is 8.04. The summed E-state index contributed by atoms with van der Waals surface area (Å²) in [5.41, 5.74) is -0.941. The average Bonchev–Trinajstić information content (AvgIpc) is 2.58. The Bertz CT molecular complexity index is 914. The van der Waals surface area contributed by atoms with Gasteiger partial charge < -0.3 is 15.4 Å². The Morgan fingerprint density at radius 3 is 2.48 bits per heavy atom. The number of hydrogen-bond donors (Lipinski definition) is 3. The molecule has 1 aromatic heterocycles. The molecule has 0 saturated carbocycles. The SMILES string of the molecule is CC[C@H](C)[C@H](NC(=O)[C@H](C)n1c(=O)[nH]c2ccccc2c1=O)C(=O)O. The van der Waals surface area contributed by atoms with Gasteiger partial charge in [0, 0.05) is 0 Å². The highest BCUT2D eigenvalue weighted by molar-refractivity contribution is 5.86. The van der Waals surface area contributed by atoms with Crippen LogP contribution >= 0.6 is 0 Å². The Labute approximate surface area is 143 Å². The van der Waals surface area contributed by atoms with Crippen LogP contribution in [0.1, 0.15) is 33.2 Å². The van der Waals surface area contributed by atoms with Gasteiger partial charge in [0.05, 0.1) is 10.9 Å². The maximum atomic E-state index is 12.6. The smallest absolute Gasteiger partial charge is 0.329 e. The van der Waals surface area contributed by atoms with E-state index in [1.54, 1.807) is 31.2 Å². The second-order valence-corrected chi connectivity index (χ2v) is 6.04. The summed E-state index contributed by atoms with van der Waals surface area (Å²) >= 11 is 0. The fourth-order valence-electron chi connectivity index (χ4n) is 2.60. The highest BCUT2D eigenvalue weighted by Gasteiger charge is 2.29. The normalized spacial score (nSPS) is 14.7. The monoisotopic (exact) mass is 347 g/mol. The highest BCUT2D eigenvalue weighted by atomic mass is 16.4. The summed E-state index contributed by atoms with van der Waals surface area (Å²) < 4.78 is 0.799. The Kier molecular flexibility index (Phi) is 5.41. The summed E-state index contributed by atoms with van der Waals surface area (Å²) in [4.78, 5) is 51.1. The van der Waals surface area contributed by atoms with Crippen LogP contribution in [0.25, 0.3) is 10.9 Å². The number of aromatic nitrogens is 2.